The van der Waals surface area contributed by atoms with E-state index in [-0.39, 0.29) is 0 Å². The summed E-state index contributed by atoms with van der Waals surface area (Å²) in [7, 11) is 2.07. The van der Waals surface area contributed by atoms with Crippen LogP contribution in [0.5, 0.6) is 0 Å². The Bertz CT molecular complexity index is 376. The molecule has 19 heavy (non-hydrogen) atoms. The van der Waals surface area contributed by atoms with Gasteiger partial charge in [-0.2, -0.15) is 0 Å². The summed E-state index contributed by atoms with van der Waals surface area (Å²) in [4.78, 5) is 2.67. The van der Waals surface area contributed by atoms with Gasteiger partial charge in [0.2, 0.25) is 0 Å². The molecule has 1 saturated heterocycles. The Morgan fingerprint density at radius 1 is 1.42 bits per heavy atom. The number of rotatable bonds is 5. The molecule has 106 valence electrons. The Labute approximate surface area is 125 Å². The third-order valence-corrected chi connectivity index (χ3v) is 4.52. The molecular weight excluding hydrogens is 300 g/mol. The molecule has 2 nitrogen and oxygen atoms in total. The van der Waals surface area contributed by atoms with Crippen LogP contribution < -0.4 is 5.32 Å². The number of nitrogens with zero attached hydrogens (tertiary/aromatic N) is 1. The highest BCUT2D eigenvalue weighted by molar-refractivity contribution is 9.10. The van der Waals surface area contributed by atoms with Gasteiger partial charge in [0, 0.05) is 10.5 Å². The molecule has 1 aromatic carbocycles. The Morgan fingerprint density at radius 3 is 2.95 bits per heavy atom. The van der Waals surface area contributed by atoms with Gasteiger partial charge < -0.3 is 5.32 Å². The van der Waals surface area contributed by atoms with Gasteiger partial charge in [-0.3, -0.25) is 4.90 Å². The van der Waals surface area contributed by atoms with E-state index in [9.17, 15) is 0 Å². The topological polar surface area (TPSA) is 15.3 Å². The summed E-state index contributed by atoms with van der Waals surface area (Å²) in [5, 5.41) is 3.38. The van der Waals surface area contributed by atoms with Crippen LogP contribution in [-0.4, -0.2) is 31.6 Å². The van der Waals surface area contributed by atoms with Crippen molar-refractivity contribution < 1.29 is 0 Å². The summed E-state index contributed by atoms with van der Waals surface area (Å²) in [6.07, 6.45) is 3.89. The summed E-state index contributed by atoms with van der Waals surface area (Å²) in [6.45, 7) is 5.83. The number of piperidine rings is 1. The molecule has 0 bridgehead atoms. The predicted octanol–water partition coefficient (Wildman–Crippen LogP) is 3.83. The largest absolute Gasteiger partial charge is 0.319 e. The van der Waals surface area contributed by atoms with Crippen LogP contribution in [0.3, 0.4) is 0 Å². The standard InChI is InChI=1S/C16H25BrN2/c1-3-9-19-10-5-7-14(12-18-2)16(19)13-6-4-8-15(17)11-13/h4,6,8,11,14,16,18H,3,5,7,9-10,12H2,1-2H3. The maximum Gasteiger partial charge on any atom is 0.0388 e. The van der Waals surface area contributed by atoms with Crippen molar-refractivity contribution in [2.75, 3.05) is 26.7 Å². The van der Waals surface area contributed by atoms with Crippen molar-refractivity contribution in [2.24, 2.45) is 5.92 Å². The lowest BCUT2D eigenvalue weighted by atomic mass is 9.84. The number of likely N-dealkylation sites (tertiary alicyclic amines) is 1. The van der Waals surface area contributed by atoms with Crippen molar-refractivity contribution in [1.29, 1.82) is 0 Å². The second-order valence-electron chi connectivity index (χ2n) is 5.50. The van der Waals surface area contributed by atoms with Gasteiger partial charge in [0.05, 0.1) is 0 Å². The maximum atomic E-state index is 3.61. The van der Waals surface area contributed by atoms with Gasteiger partial charge in [-0.05, 0) is 69.6 Å². The minimum absolute atomic E-state index is 0.568. The molecule has 0 aliphatic carbocycles. The van der Waals surface area contributed by atoms with Crippen LogP contribution in [0.4, 0.5) is 0 Å². The first kappa shape index (κ1) is 15.0. The van der Waals surface area contributed by atoms with Crippen molar-refractivity contribution in [3.8, 4) is 0 Å². The number of nitrogens with one attached hydrogen (secondary N) is 1. The smallest absolute Gasteiger partial charge is 0.0388 e. The molecule has 1 heterocycles. The number of benzene rings is 1. The van der Waals surface area contributed by atoms with Crippen LogP contribution in [0.1, 0.15) is 37.8 Å². The molecule has 2 rings (SSSR count). The zero-order valence-electron chi connectivity index (χ0n) is 12.0. The highest BCUT2D eigenvalue weighted by Crippen LogP contribution is 2.36. The molecule has 1 N–H and O–H groups in total. The van der Waals surface area contributed by atoms with Crippen LogP contribution in [-0.2, 0) is 0 Å². The fraction of sp³-hybridized carbons (Fsp3) is 0.625. The summed E-state index contributed by atoms with van der Waals surface area (Å²) in [6, 6.07) is 9.42. The van der Waals surface area contributed by atoms with Crippen LogP contribution >= 0.6 is 15.9 Å². The van der Waals surface area contributed by atoms with Crippen LogP contribution in [0, 0.1) is 5.92 Å². The average molecular weight is 325 g/mol. The van der Waals surface area contributed by atoms with Crippen molar-refractivity contribution in [3.63, 3.8) is 0 Å². The molecule has 1 aromatic rings. The first-order valence-corrected chi connectivity index (χ1v) is 8.19. The minimum Gasteiger partial charge on any atom is -0.319 e. The van der Waals surface area contributed by atoms with Gasteiger partial charge in [-0.1, -0.05) is 35.0 Å². The third-order valence-electron chi connectivity index (χ3n) is 4.03. The molecule has 0 saturated carbocycles. The monoisotopic (exact) mass is 324 g/mol. The zero-order valence-corrected chi connectivity index (χ0v) is 13.6. The highest BCUT2D eigenvalue weighted by atomic mass is 79.9. The normalized spacial score (nSPS) is 24.6. The fourth-order valence-corrected chi connectivity index (χ4v) is 3.76. The summed E-state index contributed by atoms with van der Waals surface area (Å²) >= 11 is 3.61. The minimum atomic E-state index is 0.568. The van der Waals surface area contributed by atoms with E-state index in [1.165, 1.54) is 42.4 Å². The third kappa shape index (κ3) is 3.80. The first-order valence-electron chi connectivity index (χ1n) is 7.40. The van der Waals surface area contributed by atoms with Crippen molar-refractivity contribution in [3.05, 3.63) is 34.3 Å². The molecule has 0 radical (unpaired) electrons. The fourth-order valence-electron chi connectivity index (χ4n) is 3.34. The summed E-state index contributed by atoms with van der Waals surface area (Å²) in [5.74, 6) is 0.722. The van der Waals surface area contributed by atoms with Gasteiger partial charge in [0.25, 0.3) is 0 Å². The lowest BCUT2D eigenvalue weighted by Crippen LogP contribution is -2.42. The average Bonchev–Trinajstić information content (AvgIpc) is 2.40. The summed E-state index contributed by atoms with van der Waals surface area (Å²) < 4.78 is 1.19. The van der Waals surface area contributed by atoms with E-state index in [0.29, 0.717) is 6.04 Å². The van der Waals surface area contributed by atoms with E-state index in [0.717, 1.165) is 12.5 Å². The molecular formula is C16H25BrN2. The SMILES string of the molecule is CCCN1CCCC(CNC)C1c1cccc(Br)c1. The second kappa shape index (κ2) is 7.41. The van der Waals surface area contributed by atoms with Crippen molar-refractivity contribution in [2.45, 2.75) is 32.2 Å². The molecule has 0 aromatic heterocycles. The molecule has 0 spiro atoms. The van der Waals surface area contributed by atoms with Gasteiger partial charge in [-0.15, -0.1) is 0 Å². The van der Waals surface area contributed by atoms with Crippen LogP contribution in [0.25, 0.3) is 0 Å². The van der Waals surface area contributed by atoms with Crippen molar-refractivity contribution in [1.82, 2.24) is 10.2 Å². The predicted molar refractivity (Wildman–Crippen MR) is 85.4 cm³/mol. The number of hydrogen-bond acceptors (Lipinski definition) is 2. The Hall–Kier alpha value is -0.380. The molecule has 1 aliphatic heterocycles. The number of halogens is 1. The van der Waals surface area contributed by atoms with E-state index in [4.69, 9.17) is 0 Å². The van der Waals surface area contributed by atoms with Crippen LogP contribution in [0.15, 0.2) is 28.7 Å². The lowest BCUT2D eigenvalue weighted by molar-refractivity contribution is 0.0924. The van der Waals surface area contributed by atoms with Crippen molar-refractivity contribution >= 4 is 15.9 Å². The lowest BCUT2D eigenvalue weighted by Gasteiger charge is -2.42. The Balaban J connectivity index is 2.26. The summed E-state index contributed by atoms with van der Waals surface area (Å²) in [5.41, 5.74) is 1.46. The zero-order chi connectivity index (χ0) is 13.7. The molecule has 3 heteroatoms. The molecule has 1 aliphatic rings. The van der Waals surface area contributed by atoms with Gasteiger partial charge in [0.1, 0.15) is 0 Å². The Kier molecular flexibility index (Phi) is 5.86. The molecule has 1 fully saturated rings. The van der Waals surface area contributed by atoms with Crippen LogP contribution in [0.2, 0.25) is 0 Å². The first-order chi connectivity index (χ1) is 9.26. The molecule has 2 unspecified atom stereocenters. The van der Waals surface area contributed by atoms with E-state index in [2.05, 4.69) is 64.4 Å². The quantitative estimate of drug-likeness (QED) is 0.885. The van der Waals surface area contributed by atoms with E-state index in [1.807, 2.05) is 0 Å². The molecule has 0 amide bonds. The van der Waals surface area contributed by atoms with E-state index in [1.54, 1.807) is 0 Å². The maximum absolute atomic E-state index is 3.61. The van der Waals surface area contributed by atoms with E-state index < -0.39 is 0 Å². The Morgan fingerprint density at radius 2 is 2.26 bits per heavy atom. The highest BCUT2D eigenvalue weighted by Gasteiger charge is 2.31. The van der Waals surface area contributed by atoms with E-state index >= 15 is 0 Å². The van der Waals surface area contributed by atoms with Gasteiger partial charge >= 0.3 is 0 Å². The van der Waals surface area contributed by atoms with Gasteiger partial charge in [-0.25, -0.2) is 0 Å². The number of hydrogen-bond donors (Lipinski definition) is 1. The second-order valence-corrected chi connectivity index (χ2v) is 6.41. The van der Waals surface area contributed by atoms with Gasteiger partial charge in [0.15, 0.2) is 0 Å². The molecule has 2 atom stereocenters.